The summed E-state index contributed by atoms with van der Waals surface area (Å²) in [5.41, 5.74) is 0. The minimum atomic E-state index is 0.429. The molecule has 1 atom stereocenters. The molecule has 1 rings (SSSR count). The standard InChI is InChI=1S/C16H29NO/c1-14(2)7-5-9-16-13-17(11-12-18-16)10-6-8-15(3)4/h14-16H,5,7,9-13H2,1-4H3/t16-/m1/s1. The monoisotopic (exact) mass is 251 g/mol. The lowest BCUT2D eigenvalue weighted by atomic mass is 10.0. The SMILES string of the molecule is CC(C)C#CCN1CCO[C@H](CCCC(C)C)C1. The summed E-state index contributed by atoms with van der Waals surface area (Å²) in [6, 6.07) is 0. The van der Waals surface area contributed by atoms with Crippen LogP contribution in [-0.2, 0) is 4.74 Å². The number of ether oxygens (including phenoxy) is 1. The van der Waals surface area contributed by atoms with Gasteiger partial charge in [-0.15, -0.1) is 0 Å². The van der Waals surface area contributed by atoms with Gasteiger partial charge in [-0.3, -0.25) is 4.90 Å². The first-order valence-corrected chi connectivity index (χ1v) is 7.40. The zero-order chi connectivity index (χ0) is 13.4. The fraction of sp³-hybridized carbons (Fsp3) is 0.875. The first kappa shape index (κ1) is 15.5. The molecule has 104 valence electrons. The molecular weight excluding hydrogens is 222 g/mol. The minimum Gasteiger partial charge on any atom is -0.376 e. The number of rotatable bonds is 5. The first-order chi connectivity index (χ1) is 8.58. The van der Waals surface area contributed by atoms with Crippen molar-refractivity contribution in [3.05, 3.63) is 0 Å². The van der Waals surface area contributed by atoms with E-state index < -0.39 is 0 Å². The van der Waals surface area contributed by atoms with Crippen molar-refractivity contribution >= 4 is 0 Å². The lowest BCUT2D eigenvalue weighted by Crippen LogP contribution is -2.42. The van der Waals surface area contributed by atoms with Crippen molar-refractivity contribution in [3.8, 4) is 11.8 Å². The predicted octanol–water partition coefficient (Wildman–Crippen LogP) is 3.17. The van der Waals surface area contributed by atoms with Crippen LogP contribution in [0.4, 0.5) is 0 Å². The Labute approximate surface area is 113 Å². The van der Waals surface area contributed by atoms with Crippen LogP contribution in [-0.4, -0.2) is 37.2 Å². The summed E-state index contributed by atoms with van der Waals surface area (Å²) >= 11 is 0. The van der Waals surface area contributed by atoms with Crippen LogP contribution in [0.5, 0.6) is 0 Å². The molecule has 1 saturated heterocycles. The van der Waals surface area contributed by atoms with E-state index in [2.05, 4.69) is 44.4 Å². The fourth-order valence-corrected chi connectivity index (χ4v) is 2.21. The molecule has 2 heteroatoms. The Bertz CT molecular complexity index is 275. The highest BCUT2D eigenvalue weighted by Gasteiger charge is 2.19. The highest BCUT2D eigenvalue weighted by molar-refractivity contribution is 5.03. The highest BCUT2D eigenvalue weighted by Crippen LogP contribution is 2.14. The van der Waals surface area contributed by atoms with Crippen molar-refractivity contribution in [2.45, 2.75) is 53.1 Å². The summed E-state index contributed by atoms with van der Waals surface area (Å²) < 4.78 is 5.83. The molecule has 1 heterocycles. The first-order valence-electron chi connectivity index (χ1n) is 7.40. The second-order valence-electron chi connectivity index (χ2n) is 6.03. The van der Waals surface area contributed by atoms with Crippen molar-refractivity contribution in [1.82, 2.24) is 4.90 Å². The van der Waals surface area contributed by atoms with Gasteiger partial charge >= 0.3 is 0 Å². The molecule has 1 fully saturated rings. The number of morpholine rings is 1. The van der Waals surface area contributed by atoms with Crippen molar-refractivity contribution in [1.29, 1.82) is 0 Å². The van der Waals surface area contributed by atoms with Gasteiger partial charge in [0, 0.05) is 19.0 Å². The zero-order valence-electron chi connectivity index (χ0n) is 12.5. The van der Waals surface area contributed by atoms with Gasteiger partial charge in [0.15, 0.2) is 0 Å². The van der Waals surface area contributed by atoms with E-state index >= 15 is 0 Å². The molecule has 0 bridgehead atoms. The minimum absolute atomic E-state index is 0.429. The zero-order valence-corrected chi connectivity index (χ0v) is 12.5. The van der Waals surface area contributed by atoms with E-state index in [1.807, 2.05) is 0 Å². The molecule has 0 N–H and O–H groups in total. The van der Waals surface area contributed by atoms with Crippen LogP contribution in [0.1, 0.15) is 47.0 Å². The van der Waals surface area contributed by atoms with Crippen molar-refractivity contribution in [2.75, 3.05) is 26.2 Å². The van der Waals surface area contributed by atoms with Gasteiger partial charge in [0.05, 0.1) is 19.3 Å². The highest BCUT2D eigenvalue weighted by atomic mass is 16.5. The molecular formula is C16H29NO. The predicted molar refractivity (Wildman–Crippen MR) is 77.5 cm³/mol. The van der Waals surface area contributed by atoms with Crippen LogP contribution in [0, 0.1) is 23.7 Å². The molecule has 0 spiro atoms. The molecule has 1 aliphatic rings. The van der Waals surface area contributed by atoms with Crippen LogP contribution < -0.4 is 0 Å². The van der Waals surface area contributed by atoms with Gasteiger partial charge < -0.3 is 4.74 Å². The van der Waals surface area contributed by atoms with Crippen LogP contribution in [0.15, 0.2) is 0 Å². The van der Waals surface area contributed by atoms with E-state index in [4.69, 9.17) is 4.74 Å². The average Bonchev–Trinajstić information content (AvgIpc) is 2.28. The average molecular weight is 251 g/mol. The van der Waals surface area contributed by atoms with Gasteiger partial charge in [-0.2, -0.15) is 0 Å². The molecule has 0 aromatic carbocycles. The van der Waals surface area contributed by atoms with Gasteiger partial charge in [-0.25, -0.2) is 0 Å². The molecule has 2 nitrogen and oxygen atoms in total. The smallest absolute Gasteiger partial charge is 0.0703 e. The Morgan fingerprint density at radius 2 is 2.06 bits per heavy atom. The molecule has 0 aliphatic carbocycles. The largest absolute Gasteiger partial charge is 0.376 e. The van der Waals surface area contributed by atoms with E-state index in [0.717, 1.165) is 32.2 Å². The van der Waals surface area contributed by atoms with Crippen molar-refractivity contribution in [2.24, 2.45) is 11.8 Å². The van der Waals surface area contributed by atoms with Crippen molar-refractivity contribution in [3.63, 3.8) is 0 Å². The summed E-state index contributed by atoms with van der Waals surface area (Å²) in [5, 5.41) is 0. The third-order valence-corrected chi connectivity index (χ3v) is 3.22. The van der Waals surface area contributed by atoms with E-state index in [-0.39, 0.29) is 0 Å². The third-order valence-electron chi connectivity index (χ3n) is 3.22. The normalized spacial score (nSPS) is 21.1. The lowest BCUT2D eigenvalue weighted by Gasteiger charge is -2.31. The molecule has 18 heavy (non-hydrogen) atoms. The van der Waals surface area contributed by atoms with E-state index in [1.54, 1.807) is 0 Å². The third kappa shape index (κ3) is 7.03. The summed E-state index contributed by atoms with van der Waals surface area (Å²) in [6.07, 6.45) is 4.23. The van der Waals surface area contributed by atoms with Crippen molar-refractivity contribution < 1.29 is 4.74 Å². The Kier molecular flexibility index (Phi) is 7.39. The second kappa shape index (κ2) is 8.56. The Morgan fingerprint density at radius 1 is 1.28 bits per heavy atom. The van der Waals surface area contributed by atoms with E-state index in [0.29, 0.717) is 12.0 Å². The molecule has 0 saturated carbocycles. The maximum Gasteiger partial charge on any atom is 0.0703 e. The molecule has 0 aromatic heterocycles. The topological polar surface area (TPSA) is 12.5 Å². The number of hydrogen-bond donors (Lipinski definition) is 0. The van der Waals surface area contributed by atoms with Gasteiger partial charge in [0.1, 0.15) is 0 Å². The maximum absolute atomic E-state index is 5.83. The second-order valence-corrected chi connectivity index (χ2v) is 6.03. The molecule has 0 amide bonds. The number of nitrogens with zero attached hydrogens (tertiary/aromatic N) is 1. The van der Waals surface area contributed by atoms with Gasteiger partial charge in [-0.05, 0) is 12.3 Å². The van der Waals surface area contributed by atoms with Gasteiger partial charge in [0.25, 0.3) is 0 Å². The molecule has 0 radical (unpaired) electrons. The van der Waals surface area contributed by atoms with Crippen LogP contribution in [0.25, 0.3) is 0 Å². The number of hydrogen-bond acceptors (Lipinski definition) is 2. The lowest BCUT2D eigenvalue weighted by molar-refractivity contribution is -0.0288. The maximum atomic E-state index is 5.83. The summed E-state index contributed by atoms with van der Waals surface area (Å²) in [7, 11) is 0. The van der Waals surface area contributed by atoms with Crippen LogP contribution >= 0.6 is 0 Å². The Hall–Kier alpha value is -0.520. The summed E-state index contributed by atoms with van der Waals surface area (Å²) in [6.45, 7) is 12.7. The Balaban J connectivity index is 2.22. The summed E-state index contributed by atoms with van der Waals surface area (Å²) in [5.74, 6) is 7.79. The van der Waals surface area contributed by atoms with E-state index in [1.165, 1.54) is 19.3 Å². The Morgan fingerprint density at radius 3 is 2.72 bits per heavy atom. The summed E-state index contributed by atoms with van der Waals surface area (Å²) in [4.78, 5) is 2.43. The molecule has 0 unspecified atom stereocenters. The molecule has 0 aromatic rings. The van der Waals surface area contributed by atoms with Gasteiger partial charge in [0.2, 0.25) is 0 Å². The van der Waals surface area contributed by atoms with Crippen LogP contribution in [0.3, 0.4) is 0 Å². The fourth-order valence-electron chi connectivity index (χ4n) is 2.21. The quantitative estimate of drug-likeness (QED) is 0.696. The van der Waals surface area contributed by atoms with Gasteiger partial charge in [-0.1, -0.05) is 52.4 Å². The van der Waals surface area contributed by atoms with Crippen LogP contribution in [0.2, 0.25) is 0 Å². The molecule has 1 aliphatic heterocycles. The van der Waals surface area contributed by atoms with E-state index in [9.17, 15) is 0 Å².